The summed E-state index contributed by atoms with van der Waals surface area (Å²) in [5.41, 5.74) is 0. The molecular formula is C5H8N2O6. The third kappa shape index (κ3) is 77.4. The van der Waals surface area contributed by atoms with Crippen LogP contribution in [-0.2, 0) is 0 Å². The number of carboxylic acid groups (broad SMARTS) is 4. The lowest BCUT2D eigenvalue weighted by molar-refractivity contribution is 0.135. The molecule has 0 saturated carbocycles. The van der Waals surface area contributed by atoms with Gasteiger partial charge in [0.15, 0.2) is 0 Å². The first-order valence-corrected chi connectivity index (χ1v) is 2.73. The highest BCUT2D eigenvalue weighted by atomic mass is 16.6. The second-order valence-electron chi connectivity index (χ2n) is 1.33. The van der Waals surface area contributed by atoms with Crippen molar-refractivity contribution in [3.63, 3.8) is 0 Å². The third-order valence-corrected chi connectivity index (χ3v) is 0.406. The molecule has 1 rings (SSSR count). The number of imidazole rings is 1. The summed E-state index contributed by atoms with van der Waals surface area (Å²) in [4.78, 5) is 23.5. The summed E-state index contributed by atoms with van der Waals surface area (Å²) < 4.78 is 0. The van der Waals surface area contributed by atoms with E-state index in [0.717, 1.165) is 0 Å². The van der Waals surface area contributed by atoms with Crippen LogP contribution in [0.1, 0.15) is 0 Å². The van der Waals surface area contributed by atoms with Crippen LogP contribution in [0.25, 0.3) is 0 Å². The normalized spacial score (nSPS) is 6.77. The predicted molar refractivity (Wildman–Crippen MR) is 39.9 cm³/mol. The largest absolute Gasteiger partial charge is 0.503 e. The zero-order valence-corrected chi connectivity index (χ0v) is 6.28. The number of aromatic nitrogens is 2. The van der Waals surface area contributed by atoms with Crippen molar-refractivity contribution in [2.75, 3.05) is 0 Å². The molecule has 0 aliphatic rings. The van der Waals surface area contributed by atoms with Crippen molar-refractivity contribution in [3.8, 4) is 0 Å². The number of nitrogens with one attached hydrogen (secondary N) is 1. The Morgan fingerprint density at radius 2 is 1.46 bits per heavy atom. The van der Waals surface area contributed by atoms with Gasteiger partial charge >= 0.3 is 12.3 Å². The fourth-order valence-electron chi connectivity index (χ4n) is 0.215. The summed E-state index contributed by atoms with van der Waals surface area (Å²) in [5, 5.41) is 27.9. The van der Waals surface area contributed by atoms with Crippen molar-refractivity contribution in [1.82, 2.24) is 9.97 Å². The molecule has 0 aromatic carbocycles. The van der Waals surface area contributed by atoms with E-state index in [2.05, 4.69) is 9.97 Å². The molecule has 0 atom stereocenters. The molecule has 0 aliphatic heterocycles. The fourth-order valence-corrected chi connectivity index (χ4v) is 0.215. The van der Waals surface area contributed by atoms with Crippen LogP contribution in [0.3, 0.4) is 0 Å². The summed E-state index contributed by atoms with van der Waals surface area (Å²) in [7, 11) is 0. The van der Waals surface area contributed by atoms with Gasteiger partial charge in [-0.05, 0) is 0 Å². The standard InChI is InChI=1S/C3H4N2.2CH2O3/c1-2-5-3-4-1;2*2-1(3)4/h1-3H,(H,4,5);2*(H2,2,3,4). The Morgan fingerprint density at radius 1 is 1.08 bits per heavy atom. The predicted octanol–water partition coefficient (Wildman–Crippen LogP) is 0.855. The summed E-state index contributed by atoms with van der Waals surface area (Å²) in [5.74, 6) is 0. The van der Waals surface area contributed by atoms with E-state index in [-0.39, 0.29) is 0 Å². The number of nitrogens with zero attached hydrogens (tertiary/aromatic N) is 1. The SMILES string of the molecule is O=C(O)O.O=C(O)O.c1c[nH]cn1. The molecule has 0 radical (unpaired) electrons. The molecule has 8 nitrogen and oxygen atoms in total. The number of aromatic amines is 1. The summed E-state index contributed by atoms with van der Waals surface area (Å²) in [6.07, 6.45) is 1.42. The van der Waals surface area contributed by atoms with Gasteiger partial charge in [0.1, 0.15) is 0 Å². The Hall–Kier alpha value is -2.25. The van der Waals surface area contributed by atoms with E-state index in [0.29, 0.717) is 0 Å². The number of hydrogen-bond donors (Lipinski definition) is 5. The maximum absolute atomic E-state index is 8.56. The molecule has 0 amide bonds. The van der Waals surface area contributed by atoms with Gasteiger partial charge in [-0.15, -0.1) is 0 Å². The van der Waals surface area contributed by atoms with E-state index in [1.165, 1.54) is 0 Å². The molecule has 0 fully saturated rings. The van der Waals surface area contributed by atoms with Crippen molar-refractivity contribution in [2.45, 2.75) is 0 Å². The van der Waals surface area contributed by atoms with E-state index in [9.17, 15) is 0 Å². The van der Waals surface area contributed by atoms with Gasteiger partial charge in [0, 0.05) is 12.4 Å². The molecule has 1 aromatic rings. The van der Waals surface area contributed by atoms with Crippen LogP contribution in [-0.4, -0.2) is 42.7 Å². The monoisotopic (exact) mass is 192 g/mol. The Bertz CT molecular complexity index is 184. The van der Waals surface area contributed by atoms with Crippen molar-refractivity contribution in [2.24, 2.45) is 0 Å². The molecular weight excluding hydrogens is 184 g/mol. The molecule has 1 heterocycles. The lowest BCUT2D eigenvalue weighted by Gasteiger charge is -1.60. The zero-order valence-electron chi connectivity index (χ0n) is 6.28. The molecule has 0 spiro atoms. The minimum atomic E-state index is -1.83. The number of rotatable bonds is 0. The zero-order chi connectivity index (χ0) is 10.7. The van der Waals surface area contributed by atoms with Crippen LogP contribution in [0.4, 0.5) is 9.59 Å². The van der Waals surface area contributed by atoms with Gasteiger partial charge in [0.05, 0.1) is 6.33 Å². The Morgan fingerprint density at radius 3 is 1.54 bits per heavy atom. The third-order valence-electron chi connectivity index (χ3n) is 0.406. The van der Waals surface area contributed by atoms with Crippen LogP contribution in [0.5, 0.6) is 0 Å². The molecule has 0 aliphatic carbocycles. The van der Waals surface area contributed by atoms with Crippen molar-refractivity contribution < 1.29 is 30.0 Å². The minimum absolute atomic E-state index is 1.62. The van der Waals surface area contributed by atoms with Gasteiger partial charge in [-0.25, -0.2) is 14.6 Å². The average molecular weight is 192 g/mol. The van der Waals surface area contributed by atoms with Gasteiger partial charge < -0.3 is 25.4 Å². The molecule has 0 unspecified atom stereocenters. The lowest BCUT2D eigenvalue weighted by atomic mass is 11.0. The van der Waals surface area contributed by atoms with Crippen molar-refractivity contribution in [1.29, 1.82) is 0 Å². The Kier molecular flexibility index (Phi) is 10.0. The number of hydrogen-bond acceptors (Lipinski definition) is 3. The topological polar surface area (TPSA) is 144 Å². The minimum Gasteiger partial charge on any atom is -0.450 e. The maximum Gasteiger partial charge on any atom is 0.503 e. The van der Waals surface area contributed by atoms with Crippen LogP contribution in [0.2, 0.25) is 0 Å². The number of carbonyl (C=O) groups is 2. The molecule has 1 aromatic heterocycles. The summed E-state index contributed by atoms with van der Waals surface area (Å²) in [6.45, 7) is 0. The van der Waals surface area contributed by atoms with Gasteiger partial charge in [-0.3, -0.25) is 0 Å². The van der Waals surface area contributed by atoms with Crippen LogP contribution >= 0.6 is 0 Å². The molecule has 8 heteroatoms. The fraction of sp³-hybridized carbons (Fsp3) is 0. The maximum atomic E-state index is 8.56. The molecule has 5 N–H and O–H groups in total. The highest BCUT2D eigenvalue weighted by Crippen LogP contribution is 1.62. The van der Waals surface area contributed by atoms with E-state index < -0.39 is 12.3 Å². The first-order chi connectivity index (χ1) is 5.96. The first-order valence-electron chi connectivity index (χ1n) is 2.73. The first kappa shape index (κ1) is 13.3. The molecule has 13 heavy (non-hydrogen) atoms. The van der Waals surface area contributed by atoms with Crippen LogP contribution < -0.4 is 0 Å². The van der Waals surface area contributed by atoms with E-state index in [4.69, 9.17) is 30.0 Å². The second-order valence-corrected chi connectivity index (χ2v) is 1.33. The smallest absolute Gasteiger partial charge is 0.450 e. The van der Waals surface area contributed by atoms with Gasteiger partial charge in [0.25, 0.3) is 0 Å². The van der Waals surface area contributed by atoms with Crippen molar-refractivity contribution in [3.05, 3.63) is 18.7 Å². The van der Waals surface area contributed by atoms with Gasteiger partial charge in [-0.2, -0.15) is 0 Å². The van der Waals surface area contributed by atoms with Crippen molar-refractivity contribution >= 4 is 12.3 Å². The van der Waals surface area contributed by atoms with E-state index >= 15 is 0 Å². The Labute approximate surface area is 72.1 Å². The lowest BCUT2D eigenvalue weighted by Crippen LogP contribution is -1.81. The number of H-pyrrole nitrogens is 1. The highest BCUT2D eigenvalue weighted by molar-refractivity contribution is 5.53. The average Bonchev–Trinajstić information content (AvgIpc) is 2.35. The summed E-state index contributed by atoms with van der Waals surface area (Å²) >= 11 is 0. The van der Waals surface area contributed by atoms with E-state index in [1.807, 2.05) is 0 Å². The highest BCUT2D eigenvalue weighted by Gasteiger charge is 1.70. The van der Waals surface area contributed by atoms with Crippen LogP contribution in [0, 0.1) is 0 Å². The van der Waals surface area contributed by atoms with Gasteiger partial charge in [0.2, 0.25) is 0 Å². The van der Waals surface area contributed by atoms with Crippen LogP contribution in [0.15, 0.2) is 18.7 Å². The molecule has 74 valence electrons. The van der Waals surface area contributed by atoms with Gasteiger partial charge in [-0.1, -0.05) is 0 Å². The van der Waals surface area contributed by atoms with E-state index in [1.54, 1.807) is 18.7 Å². The second kappa shape index (κ2) is 9.75. The quantitative estimate of drug-likeness (QED) is 0.409. The molecule has 0 saturated heterocycles. The summed E-state index contributed by atoms with van der Waals surface area (Å²) in [6, 6.07) is 0. The Balaban J connectivity index is 0. The molecule has 0 bridgehead atoms.